The van der Waals surface area contributed by atoms with E-state index >= 15 is 0 Å². The van der Waals surface area contributed by atoms with Gasteiger partial charge in [-0.15, -0.1) is 0 Å². The highest BCUT2D eigenvalue weighted by Crippen LogP contribution is 2.14. The predicted octanol–water partition coefficient (Wildman–Crippen LogP) is 1.27. The van der Waals surface area contributed by atoms with Crippen LogP contribution in [0.15, 0.2) is 33.6 Å². The van der Waals surface area contributed by atoms with Crippen LogP contribution in [0.2, 0.25) is 0 Å². The first-order valence-electron chi connectivity index (χ1n) is 6.33. The molecule has 0 saturated heterocycles. The van der Waals surface area contributed by atoms with E-state index in [-0.39, 0.29) is 10.9 Å². The lowest BCUT2D eigenvalue weighted by atomic mass is 10.3. The van der Waals surface area contributed by atoms with Crippen LogP contribution in [0.3, 0.4) is 0 Å². The highest BCUT2D eigenvalue weighted by molar-refractivity contribution is 9.10. The summed E-state index contributed by atoms with van der Waals surface area (Å²) < 4.78 is 32.3. The molecule has 1 rings (SSSR count). The maximum Gasteiger partial charge on any atom is 0.241 e. The largest absolute Gasteiger partial charge is 0.383 e. The molecule has 0 spiro atoms. The van der Waals surface area contributed by atoms with Gasteiger partial charge in [0.1, 0.15) is 0 Å². The van der Waals surface area contributed by atoms with Gasteiger partial charge in [-0.1, -0.05) is 15.9 Å². The molecule has 8 heteroatoms. The Labute approximate surface area is 133 Å². The first-order chi connectivity index (χ1) is 9.76. The van der Waals surface area contributed by atoms with Gasteiger partial charge in [0.05, 0.1) is 17.5 Å². The Morgan fingerprint density at radius 1 is 1.29 bits per heavy atom. The van der Waals surface area contributed by atoms with Crippen LogP contribution >= 0.6 is 15.9 Å². The first-order valence-corrected chi connectivity index (χ1v) is 8.61. The fourth-order valence-electron chi connectivity index (χ4n) is 1.63. The molecular weight excluding hydrogens is 360 g/mol. The second kappa shape index (κ2) is 7.88. The van der Waals surface area contributed by atoms with Crippen molar-refractivity contribution in [2.45, 2.75) is 30.8 Å². The van der Waals surface area contributed by atoms with E-state index in [0.717, 1.165) is 4.47 Å². The lowest BCUT2D eigenvalue weighted by Crippen LogP contribution is -2.48. The summed E-state index contributed by atoms with van der Waals surface area (Å²) >= 11 is 3.24. The number of benzene rings is 1. The summed E-state index contributed by atoms with van der Waals surface area (Å²) in [6, 6.07) is 5.11. The topological polar surface area (TPSA) is 84.5 Å². The van der Waals surface area contributed by atoms with Gasteiger partial charge in [0.15, 0.2) is 0 Å². The summed E-state index contributed by atoms with van der Waals surface area (Å²) in [5.41, 5.74) is 0. The average molecular weight is 379 g/mol. The highest BCUT2D eigenvalue weighted by atomic mass is 79.9. The Bertz CT molecular complexity index is 574. The van der Waals surface area contributed by atoms with Crippen molar-refractivity contribution in [1.82, 2.24) is 10.0 Å². The molecular formula is C13H19BrN2O4S. The summed E-state index contributed by atoms with van der Waals surface area (Å²) in [4.78, 5) is 12.0. The molecule has 2 atom stereocenters. The second-order valence-electron chi connectivity index (χ2n) is 4.66. The molecule has 0 aliphatic heterocycles. The molecule has 1 amide bonds. The second-order valence-corrected chi connectivity index (χ2v) is 7.29. The van der Waals surface area contributed by atoms with Gasteiger partial charge >= 0.3 is 0 Å². The molecule has 0 bridgehead atoms. The minimum atomic E-state index is -3.73. The van der Waals surface area contributed by atoms with Crippen LogP contribution in [0, 0.1) is 0 Å². The number of hydrogen-bond acceptors (Lipinski definition) is 4. The Morgan fingerprint density at radius 2 is 1.86 bits per heavy atom. The van der Waals surface area contributed by atoms with Crippen molar-refractivity contribution >= 4 is 31.9 Å². The number of amides is 1. The van der Waals surface area contributed by atoms with Crippen molar-refractivity contribution in [2.24, 2.45) is 0 Å². The van der Waals surface area contributed by atoms with E-state index in [1.54, 1.807) is 19.1 Å². The van der Waals surface area contributed by atoms with Gasteiger partial charge in [-0.25, -0.2) is 8.42 Å². The molecule has 2 N–H and O–H groups in total. The Kier molecular flexibility index (Phi) is 6.79. The molecule has 0 aliphatic carbocycles. The molecule has 0 fully saturated rings. The molecule has 0 aliphatic rings. The van der Waals surface area contributed by atoms with Crippen molar-refractivity contribution in [2.75, 3.05) is 13.7 Å². The fraction of sp³-hybridized carbons (Fsp3) is 0.462. The molecule has 0 unspecified atom stereocenters. The highest BCUT2D eigenvalue weighted by Gasteiger charge is 2.22. The van der Waals surface area contributed by atoms with Gasteiger partial charge in [-0.3, -0.25) is 4.79 Å². The lowest BCUT2D eigenvalue weighted by Gasteiger charge is -2.18. The lowest BCUT2D eigenvalue weighted by molar-refractivity contribution is -0.123. The number of methoxy groups -OCH3 is 1. The van der Waals surface area contributed by atoms with Crippen LogP contribution in [0.5, 0.6) is 0 Å². The summed E-state index contributed by atoms with van der Waals surface area (Å²) in [5.74, 6) is -0.403. The van der Waals surface area contributed by atoms with Gasteiger partial charge in [0, 0.05) is 17.6 Å². The number of ether oxygens (including phenoxy) is 1. The molecule has 1 aromatic carbocycles. The summed E-state index contributed by atoms with van der Waals surface area (Å²) in [6.45, 7) is 3.63. The van der Waals surface area contributed by atoms with E-state index in [2.05, 4.69) is 26.0 Å². The van der Waals surface area contributed by atoms with Crippen LogP contribution < -0.4 is 10.0 Å². The van der Waals surface area contributed by atoms with Crippen LogP contribution in [-0.2, 0) is 19.6 Å². The van der Waals surface area contributed by atoms with Crippen molar-refractivity contribution in [1.29, 1.82) is 0 Å². The molecule has 0 heterocycles. The standard InChI is InChI=1S/C13H19BrN2O4S/c1-9(8-20-3)15-13(17)10(2)16-21(18,19)12-6-4-11(14)5-7-12/h4-7,9-10,16H,8H2,1-3H3,(H,15,17)/t9-,10-/m1/s1. The van der Waals surface area contributed by atoms with Crippen LogP contribution in [-0.4, -0.2) is 40.1 Å². The maximum atomic E-state index is 12.1. The molecule has 0 saturated carbocycles. The van der Waals surface area contributed by atoms with Gasteiger partial charge in [-0.2, -0.15) is 4.72 Å². The van der Waals surface area contributed by atoms with E-state index in [1.807, 2.05) is 0 Å². The summed E-state index contributed by atoms with van der Waals surface area (Å²) in [7, 11) is -2.20. The van der Waals surface area contributed by atoms with Gasteiger partial charge < -0.3 is 10.1 Å². The van der Waals surface area contributed by atoms with Crippen molar-refractivity contribution in [3.63, 3.8) is 0 Å². The van der Waals surface area contributed by atoms with E-state index in [4.69, 9.17) is 4.74 Å². The smallest absolute Gasteiger partial charge is 0.241 e. The van der Waals surface area contributed by atoms with Gasteiger partial charge in [-0.05, 0) is 38.1 Å². The minimum absolute atomic E-state index is 0.107. The third-order valence-corrected chi connectivity index (χ3v) is 4.74. The maximum absolute atomic E-state index is 12.1. The van der Waals surface area contributed by atoms with Gasteiger partial charge in [0.25, 0.3) is 0 Å². The first kappa shape index (κ1) is 18.1. The Balaban J connectivity index is 2.70. The van der Waals surface area contributed by atoms with Crippen LogP contribution in [0.25, 0.3) is 0 Å². The molecule has 6 nitrogen and oxygen atoms in total. The monoisotopic (exact) mass is 378 g/mol. The SMILES string of the molecule is COC[C@@H](C)NC(=O)[C@@H](C)NS(=O)(=O)c1ccc(Br)cc1. The molecule has 118 valence electrons. The molecule has 0 radical (unpaired) electrons. The zero-order chi connectivity index (χ0) is 16.0. The van der Waals surface area contributed by atoms with E-state index in [1.165, 1.54) is 26.2 Å². The molecule has 1 aromatic rings. The molecule has 21 heavy (non-hydrogen) atoms. The van der Waals surface area contributed by atoms with Crippen molar-refractivity contribution < 1.29 is 17.9 Å². The zero-order valence-electron chi connectivity index (χ0n) is 12.1. The van der Waals surface area contributed by atoms with E-state index in [0.29, 0.717) is 6.61 Å². The minimum Gasteiger partial charge on any atom is -0.383 e. The third-order valence-electron chi connectivity index (χ3n) is 2.65. The number of carbonyl (C=O) groups is 1. The predicted molar refractivity (Wildman–Crippen MR) is 83.4 cm³/mol. The molecule has 0 aromatic heterocycles. The number of hydrogen-bond donors (Lipinski definition) is 2. The zero-order valence-corrected chi connectivity index (χ0v) is 14.5. The Morgan fingerprint density at radius 3 is 2.38 bits per heavy atom. The number of sulfonamides is 1. The van der Waals surface area contributed by atoms with Crippen molar-refractivity contribution in [3.8, 4) is 0 Å². The van der Waals surface area contributed by atoms with E-state index < -0.39 is 22.0 Å². The normalized spacial score (nSPS) is 14.5. The number of carbonyl (C=O) groups excluding carboxylic acids is 1. The van der Waals surface area contributed by atoms with Crippen LogP contribution in [0.1, 0.15) is 13.8 Å². The van der Waals surface area contributed by atoms with Crippen LogP contribution in [0.4, 0.5) is 0 Å². The van der Waals surface area contributed by atoms with Crippen molar-refractivity contribution in [3.05, 3.63) is 28.7 Å². The quantitative estimate of drug-likeness (QED) is 0.747. The number of rotatable bonds is 7. The number of halogens is 1. The Hall–Kier alpha value is -0.960. The number of nitrogens with one attached hydrogen (secondary N) is 2. The van der Waals surface area contributed by atoms with Gasteiger partial charge in [0.2, 0.25) is 15.9 Å². The van der Waals surface area contributed by atoms with E-state index in [9.17, 15) is 13.2 Å². The average Bonchev–Trinajstić information content (AvgIpc) is 2.38. The fourth-order valence-corrected chi connectivity index (χ4v) is 3.09. The summed E-state index contributed by atoms with van der Waals surface area (Å²) in [6.07, 6.45) is 0. The summed E-state index contributed by atoms with van der Waals surface area (Å²) in [5, 5.41) is 2.67. The third kappa shape index (κ3) is 5.74.